The van der Waals surface area contributed by atoms with Gasteiger partial charge in [-0.15, -0.1) is 0 Å². The van der Waals surface area contributed by atoms with Crippen LogP contribution in [0.25, 0.3) is 0 Å². The van der Waals surface area contributed by atoms with Gasteiger partial charge in [0.25, 0.3) is 5.91 Å². The second-order valence-corrected chi connectivity index (χ2v) is 10.9. The lowest BCUT2D eigenvalue weighted by Crippen LogP contribution is -2.39. The summed E-state index contributed by atoms with van der Waals surface area (Å²) in [7, 11) is -3.73. The summed E-state index contributed by atoms with van der Waals surface area (Å²) in [5.41, 5.74) is 1.59. The average molecular weight is 476 g/mol. The molecule has 6 nitrogen and oxygen atoms in total. The summed E-state index contributed by atoms with van der Waals surface area (Å²) >= 11 is 0. The fourth-order valence-electron chi connectivity index (χ4n) is 4.35. The molecule has 0 atom stereocenters. The lowest BCUT2D eigenvalue weighted by atomic mass is 10.0. The Morgan fingerprint density at radius 1 is 1.03 bits per heavy atom. The minimum Gasteiger partial charge on any atom is -0.337 e. The highest BCUT2D eigenvalue weighted by Crippen LogP contribution is 2.28. The fourth-order valence-corrected chi connectivity index (χ4v) is 6.14. The molecule has 3 rings (SSSR count). The minimum absolute atomic E-state index is 0.132. The number of piperidine rings is 1. The van der Waals surface area contributed by atoms with Crippen molar-refractivity contribution >= 4 is 15.9 Å². The van der Waals surface area contributed by atoms with Gasteiger partial charge in [0.15, 0.2) is 0 Å². The van der Waals surface area contributed by atoms with Gasteiger partial charge < -0.3 is 4.90 Å². The van der Waals surface area contributed by atoms with E-state index in [0.717, 1.165) is 12.8 Å². The monoisotopic (exact) mass is 475 g/mol. The molecule has 2 aliphatic heterocycles. The molecule has 2 aliphatic rings. The quantitative estimate of drug-likeness (QED) is 0.670. The molecule has 0 bridgehead atoms. The number of benzene rings is 1. The van der Waals surface area contributed by atoms with E-state index in [4.69, 9.17) is 0 Å². The van der Waals surface area contributed by atoms with Crippen LogP contribution in [0.3, 0.4) is 0 Å². The van der Waals surface area contributed by atoms with Gasteiger partial charge in [0.1, 0.15) is 0 Å². The summed E-state index contributed by atoms with van der Waals surface area (Å²) < 4.78 is 66.3. The number of amides is 1. The van der Waals surface area contributed by atoms with Gasteiger partial charge in [-0.1, -0.05) is 6.92 Å². The second kappa shape index (κ2) is 9.69. The molecule has 0 saturated carbocycles. The number of alkyl halides is 3. The van der Waals surface area contributed by atoms with Crippen molar-refractivity contribution in [1.29, 1.82) is 0 Å². The van der Waals surface area contributed by atoms with Crippen molar-refractivity contribution in [2.45, 2.75) is 51.1 Å². The summed E-state index contributed by atoms with van der Waals surface area (Å²) in [6.45, 7) is 6.46. The Balaban J connectivity index is 1.81. The van der Waals surface area contributed by atoms with Gasteiger partial charge in [0.05, 0.1) is 11.4 Å². The number of aryl methyl sites for hydroxylation is 1. The Morgan fingerprint density at radius 2 is 1.69 bits per heavy atom. The SMILES string of the molecule is Cc1cc(C(=O)N2CCCN(CC(F)(F)F)CC2)cc(S(=O)(=O)N2CCC(C)CC2)c1C. The summed E-state index contributed by atoms with van der Waals surface area (Å²) in [4.78, 5) is 16.2. The third-order valence-corrected chi connectivity index (χ3v) is 8.53. The Labute approximate surface area is 188 Å². The van der Waals surface area contributed by atoms with Crippen molar-refractivity contribution in [2.75, 3.05) is 45.8 Å². The van der Waals surface area contributed by atoms with Crippen molar-refractivity contribution < 1.29 is 26.4 Å². The highest BCUT2D eigenvalue weighted by molar-refractivity contribution is 7.89. The third kappa shape index (κ3) is 5.82. The molecule has 1 amide bonds. The lowest BCUT2D eigenvalue weighted by molar-refractivity contribution is -0.145. The first-order chi connectivity index (χ1) is 14.9. The molecule has 0 aromatic heterocycles. The Kier molecular flexibility index (Phi) is 7.56. The van der Waals surface area contributed by atoms with E-state index >= 15 is 0 Å². The summed E-state index contributed by atoms with van der Waals surface area (Å²) in [5.74, 6) is 0.141. The molecule has 2 fully saturated rings. The largest absolute Gasteiger partial charge is 0.401 e. The van der Waals surface area contributed by atoms with Crippen LogP contribution in [0.15, 0.2) is 17.0 Å². The van der Waals surface area contributed by atoms with Crippen LogP contribution < -0.4 is 0 Å². The van der Waals surface area contributed by atoms with Crippen LogP contribution >= 0.6 is 0 Å². The maximum atomic E-state index is 13.3. The predicted octanol–water partition coefficient (Wildman–Crippen LogP) is 3.43. The van der Waals surface area contributed by atoms with Gasteiger partial charge in [-0.05, 0) is 62.3 Å². The number of hydrogen-bond donors (Lipinski definition) is 0. The van der Waals surface area contributed by atoms with Crippen LogP contribution in [0, 0.1) is 19.8 Å². The van der Waals surface area contributed by atoms with Crippen LogP contribution in [0.5, 0.6) is 0 Å². The van der Waals surface area contributed by atoms with E-state index in [1.54, 1.807) is 19.9 Å². The summed E-state index contributed by atoms with van der Waals surface area (Å²) in [6.07, 6.45) is -2.23. The zero-order valence-electron chi connectivity index (χ0n) is 18.9. The second-order valence-electron chi connectivity index (χ2n) is 9.04. The number of carbonyl (C=O) groups is 1. The van der Waals surface area contributed by atoms with E-state index in [1.807, 2.05) is 0 Å². The molecule has 180 valence electrons. The fraction of sp³-hybridized carbons (Fsp3) is 0.682. The highest BCUT2D eigenvalue weighted by atomic mass is 32.2. The number of rotatable bonds is 4. The van der Waals surface area contributed by atoms with Gasteiger partial charge in [-0.2, -0.15) is 17.5 Å². The number of sulfonamides is 1. The lowest BCUT2D eigenvalue weighted by Gasteiger charge is -2.30. The van der Waals surface area contributed by atoms with Crippen molar-refractivity contribution in [3.05, 3.63) is 28.8 Å². The topological polar surface area (TPSA) is 60.9 Å². The molecular weight excluding hydrogens is 443 g/mol. The number of halogens is 3. The zero-order chi connectivity index (χ0) is 23.7. The summed E-state index contributed by atoms with van der Waals surface area (Å²) in [6, 6.07) is 3.11. The molecule has 1 aromatic carbocycles. The highest BCUT2D eigenvalue weighted by Gasteiger charge is 2.33. The molecule has 2 heterocycles. The molecule has 0 N–H and O–H groups in total. The van der Waals surface area contributed by atoms with E-state index in [9.17, 15) is 26.4 Å². The van der Waals surface area contributed by atoms with E-state index in [2.05, 4.69) is 6.92 Å². The molecule has 1 aromatic rings. The Bertz CT molecular complexity index is 942. The van der Waals surface area contributed by atoms with Gasteiger partial charge in [-0.3, -0.25) is 9.69 Å². The van der Waals surface area contributed by atoms with Crippen molar-refractivity contribution in [2.24, 2.45) is 5.92 Å². The van der Waals surface area contributed by atoms with E-state index in [-0.39, 0.29) is 36.0 Å². The molecule has 0 spiro atoms. The van der Waals surface area contributed by atoms with E-state index in [1.165, 1.54) is 20.2 Å². The average Bonchev–Trinajstić information content (AvgIpc) is 2.93. The van der Waals surface area contributed by atoms with Crippen LogP contribution in [0.4, 0.5) is 13.2 Å². The number of carbonyl (C=O) groups excluding carboxylic acids is 1. The van der Waals surface area contributed by atoms with Crippen molar-refractivity contribution in [3.63, 3.8) is 0 Å². The Morgan fingerprint density at radius 3 is 2.31 bits per heavy atom. The molecule has 0 unspecified atom stereocenters. The van der Waals surface area contributed by atoms with Crippen LogP contribution in [0.2, 0.25) is 0 Å². The maximum absolute atomic E-state index is 13.3. The minimum atomic E-state index is -4.28. The molecule has 10 heteroatoms. The molecule has 0 aliphatic carbocycles. The summed E-state index contributed by atoms with van der Waals surface area (Å²) in [5, 5.41) is 0. The first-order valence-corrected chi connectivity index (χ1v) is 12.5. The zero-order valence-corrected chi connectivity index (χ0v) is 19.7. The predicted molar refractivity (Wildman–Crippen MR) is 116 cm³/mol. The van der Waals surface area contributed by atoms with E-state index in [0.29, 0.717) is 43.1 Å². The van der Waals surface area contributed by atoms with E-state index < -0.39 is 22.7 Å². The van der Waals surface area contributed by atoms with Gasteiger partial charge >= 0.3 is 6.18 Å². The molecule has 2 saturated heterocycles. The van der Waals surface area contributed by atoms with Crippen LogP contribution in [0.1, 0.15) is 47.7 Å². The van der Waals surface area contributed by atoms with Gasteiger partial charge in [-0.25, -0.2) is 8.42 Å². The molecule has 0 radical (unpaired) electrons. The Hall–Kier alpha value is -1.65. The van der Waals surface area contributed by atoms with Crippen LogP contribution in [-0.2, 0) is 10.0 Å². The first kappa shape index (κ1) is 25.0. The molecular formula is C22H32F3N3O3S. The normalized spacial score (nSPS) is 20.4. The number of hydrogen-bond acceptors (Lipinski definition) is 4. The third-order valence-electron chi connectivity index (χ3n) is 6.51. The maximum Gasteiger partial charge on any atom is 0.401 e. The van der Waals surface area contributed by atoms with Gasteiger partial charge in [0, 0.05) is 44.8 Å². The van der Waals surface area contributed by atoms with Gasteiger partial charge in [0.2, 0.25) is 10.0 Å². The number of nitrogens with zero attached hydrogens (tertiary/aromatic N) is 3. The smallest absolute Gasteiger partial charge is 0.337 e. The van der Waals surface area contributed by atoms with Crippen LogP contribution in [-0.4, -0.2) is 80.4 Å². The molecule has 32 heavy (non-hydrogen) atoms. The standard InChI is InChI=1S/C22H32F3N3O3S/c1-16-5-9-28(10-6-16)32(30,31)20-14-19(13-17(2)18(20)3)21(29)27-8-4-7-26(11-12-27)15-22(23,24)25/h13-14,16H,4-12,15H2,1-3H3. The van der Waals surface area contributed by atoms with Crippen molar-refractivity contribution in [1.82, 2.24) is 14.1 Å². The first-order valence-electron chi connectivity index (χ1n) is 11.1. The van der Waals surface area contributed by atoms with Crippen molar-refractivity contribution in [3.8, 4) is 0 Å².